The van der Waals surface area contributed by atoms with Crippen molar-refractivity contribution < 1.29 is 23.1 Å². The third kappa shape index (κ3) is 3.88. The van der Waals surface area contributed by atoms with Crippen molar-refractivity contribution in [3.05, 3.63) is 64.7 Å². The molecule has 2 aromatic carbocycles. The molecule has 0 radical (unpaired) electrons. The highest BCUT2D eigenvalue weighted by Crippen LogP contribution is 2.66. The van der Waals surface area contributed by atoms with Crippen LogP contribution in [0.2, 0.25) is 0 Å². The Hall–Kier alpha value is -2.22. The Labute approximate surface area is 202 Å². The van der Waals surface area contributed by atoms with E-state index in [1.54, 1.807) is 44.2 Å². The molecule has 4 rings (SSSR count). The van der Waals surface area contributed by atoms with E-state index in [9.17, 15) is 18.3 Å². The molecule has 0 heterocycles. The second-order valence-corrected chi connectivity index (χ2v) is 12.5. The molecule has 0 unspecified atom stereocenters. The van der Waals surface area contributed by atoms with Crippen molar-refractivity contribution in [2.75, 3.05) is 0 Å². The van der Waals surface area contributed by atoms with E-state index >= 15 is 0 Å². The van der Waals surface area contributed by atoms with Crippen molar-refractivity contribution in [2.45, 2.75) is 77.5 Å². The Bertz CT molecular complexity index is 1180. The van der Waals surface area contributed by atoms with E-state index in [0.717, 1.165) is 18.4 Å². The molecule has 2 aliphatic carbocycles. The molecule has 2 bridgehead atoms. The Morgan fingerprint density at radius 3 is 2.26 bits per heavy atom. The van der Waals surface area contributed by atoms with Gasteiger partial charge >= 0.3 is 5.97 Å². The number of carbonyl (C=O) groups excluding carboxylic acids is 1. The predicted octanol–water partition coefficient (Wildman–Crippen LogP) is 4.36. The second-order valence-electron chi connectivity index (χ2n) is 10.8. The first-order chi connectivity index (χ1) is 15.8. The molecule has 34 heavy (non-hydrogen) atoms. The van der Waals surface area contributed by atoms with Crippen LogP contribution in [0.1, 0.15) is 62.0 Å². The molecule has 2 aliphatic rings. The van der Waals surface area contributed by atoms with Crippen LogP contribution >= 0.6 is 0 Å². The van der Waals surface area contributed by atoms with E-state index in [1.807, 2.05) is 19.1 Å². The van der Waals surface area contributed by atoms with E-state index in [0.29, 0.717) is 16.7 Å². The Morgan fingerprint density at radius 2 is 1.68 bits per heavy atom. The lowest BCUT2D eigenvalue weighted by atomic mass is 9.70. The molecule has 0 amide bonds. The van der Waals surface area contributed by atoms with Crippen LogP contribution in [0.3, 0.4) is 0 Å². The van der Waals surface area contributed by atoms with Gasteiger partial charge in [-0.2, -0.15) is 0 Å². The quantitative estimate of drug-likeness (QED) is 0.593. The van der Waals surface area contributed by atoms with Gasteiger partial charge in [0.05, 0.1) is 10.9 Å². The summed E-state index contributed by atoms with van der Waals surface area (Å²) in [5.74, 6) is -0.752. The Kier molecular flexibility index (Phi) is 6.20. The number of aryl methyl sites for hydroxylation is 3. The van der Waals surface area contributed by atoms with Crippen LogP contribution in [0.4, 0.5) is 0 Å². The number of benzene rings is 2. The van der Waals surface area contributed by atoms with Crippen LogP contribution in [0.5, 0.6) is 0 Å². The van der Waals surface area contributed by atoms with Crippen molar-refractivity contribution in [3.8, 4) is 0 Å². The molecule has 0 aromatic heterocycles. The zero-order chi connectivity index (χ0) is 25.1. The summed E-state index contributed by atoms with van der Waals surface area (Å²) in [7, 11) is -3.87. The van der Waals surface area contributed by atoms with Gasteiger partial charge in [0.2, 0.25) is 10.0 Å². The number of nitrogens with one attached hydrogen (secondary N) is 1. The molecule has 2 fully saturated rings. The van der Waals surface area contributed by atoms with Crippen LogP contribution in [-0.4, -0.2) is 31.6 Å². The third-order valence-electron chi connectivity index (χ3n) is 8.51. The normalized spacial score (nSPS) is 28.6. The van der Waals surface area contributed by atoms with Crippen LogP contribution in [0.15, 0.2) is 47.4 Å². The average Bonchev–Trinajstić information content (AvgIpc) is 3.05. The molecule has 7 heteroatoms. The minimum absolute atomic E-state index is 0.00463. The zero-order valence-electron chi connectivity index (χ0n) is 20.8. The van der Waals surface area contributed by atoms with Crippen LogP contribution in [-0.2, 0) is 19.6 Å². The van der Waals surface area contributed by atoms with Gasteiger partial charge in [0.1, 0.15) is 6.10 Å². The van der Waals surface area contributed by atoms with Crippen molar-refractivity contribution >= 4 is 16.0 Å². The summed E-state index contributed by atoms with van der Waals surface area (Å²) in [6.07, 6.45) is -0.443. The molecule has 2 saturated carbocycles. The number of hydrogen-bond acceptors (Lipinski definition) is 5. The maximum absolute atomic E-state index is 13.6. The SMILES string of the molecule is Cc1cc(C)c(S(=O)(=O)N[C@@H]2[C@H]3CC[C@@](C)([C@@H]2OC(=O)[C@@H](O)c2ccccc2)C3(C)C)c(C)c1. The smallest absolute Gasteiger partial charge is 0.340 e. The van der Waals surface area contributed by atoms with E-state index in [2.05, 4.69) is 25.5 Å². The number of aliphatic hydroxyl groups excluding tert-OH is 1. The van der Waals surface area contributed by atoms with E-state index < -0.39 is 39.7 Å². The van der Waals surface area contributed by atoms with Gasteiger partial charge in [-0.1, -0.05) is 68.8 Å². The number of ether oxygens (including phenoxy) is 1. The molecule has 0 saturated heterocycles. The van der Waals surface area contributed by atoms with E-state index in [-0.39, 0.29) is 16.2 Å². The van der Waals surface area contributed by atoms with Gasteiger partial charge in [0.15, 0.2) is 6.10 Å². The highest BCUT2D eigenvalue weighted by molar-refractivity contribution is 7.89. The van der Waals surface area contributed by atoms with Crippen molar-refractivity contribution in [1.82, 2.24) is 4.72 Å². The molecular formula is C27H35NO5S. The zero-order valence-corrected chi connectivity index (χ0v) is 21.6. The number of hydrogen-bond donors (Lipinski definition) is 2. The fourth-order valence-corrected chi connectivity index (χ4v) is 8.17. The number of sulfonamides is 1. The lowest BCUT2D eigenvalue weighted by Crippen LogP contribution is -2.51. The number of fused-ring (bicyclic) bond motifs is 2. The van der Waals surface area contributed by atoms with Crippen LogP contribution in [0.25, 0.3) is 0 Å². The van der Waals surface area contributed by atoms with Crippen molar-refractivity contribution in [2.24, 2.45) is 16.7 Å². The summed E-state index contributed by atoms with van der Waals surface area (Å²) < 4.78 is 36.1. The Balaban J connectivity index is 1.67. The minimum Gasteiger partial charge on any atom is -0.458 e. The monoisotopic (exact) mass is 485 g/mol. The average molecular weight is 486 g/mol. The molecule has 5 atom stereocenters. The third-order valence-corrected chi connectivity index (χ3v) is 10.3. The molecule has 0 aliphatic heterocycles. The fourth-order valence-electron chi connectivity index (χ4n) is 6.44. The van der Waals surface area contributed by atoms with Crippen molar-refractivity contribution in [3.63, 3.8) is 0 Å². The summed E-state index contributed by atoms with van der Waals surface area (Å²) in [5.41, 5.74) is 2.15. The van der Waals surface area contributed by atoms with Crippen molar-refractivity contribution in [1.29, 1.82) is 0 Å². The summed E-state index contributed by atoms with van der Waals surface area (Å²) in [6, 6.07) is 11.8. The molecule has 6 nitrogen and oxygen atoms in total. The van der Waals surface area contributed by atoms with Crippen LogP contribution < -0.4 is 4.72 Å². The fraction of sp³-hybridized carbons (Fsp3) is 0.519. The molecule has 184 valence electrons. The lowest BCUT2D eigenvalue weighted by Gasteiger charge is -2.39. The summed E-state index contributed by atoms with van der Waals surface area (Å²) in [6.45, 7) is 11.8. The van der Waals surface area contributed by atoms with Gasteiger partial charge in [-0.25, -0.2) is 17.9 Å². The highest BCUT2D eigenvalue weighted by Gasteiger charge is 2.68. The van der Waals surface area contributed by atoms with Gasteiger partial charge < -0.3 is 9.84 Å². The number of carbonyl (C=O) groups is 1. The molecule has 2 aromatic rings. The lowest BCUT2D eigenvalue weighted by molar-refractivity contribution is -0.168. The highest BCUT2D eigenvalue weighted by atomic mass is 32.2. The second kappa shape index (κ2) is 8.47. The summed E-state index contributed by atoms with van der Waals surface area (Å²) in [4.78, 5) is 13.3. The summed E-state index contributed by atoms with van der Waals surface area (Å²) in [5, 5.41) is 10.6. The number of rotatable bonds is 6. The van der Waals surface area contributed by atoms with Gasteiger partial charge in [-0.3, -0.25) is 0 Å². The summed E-state index contributed by atoms with van der Waals surface area (Å²) >= 11 is 0. The maximum Gasteiger partial charge on any atom is 0.340 e. The number of aliphatic hydroxyl groups is 1. The first kappa shape index (κ1) is 24.9. The first-order valence-corrected chi connectivity index (χ1v) is 13.3. The van der Waals surface area contributed by atoms with Gasteiger partial charge in [0, 0.05) is 5.41 Å². The molecular weight excluding hydrogens is 450 g/mol. The van der Waals surface area contributed by atoms with E-state index in [1.165, 1.54) is 0 Å². The van der Waals surface area contributed by atoms with Gasteiger partial charge in [0.25, 0.3) is 0 Å². The largest absolute Gasteiger partial charge is 0.458 e. The topological polar surface area (TPSA) is 92.7 Å². The predicted molar refractivity (Wildman–Crippen MR) is 131 cm³/mol. The van der Waals surface area contributed by atoms with E-state index in [4.69, 9.17) is 4.74 Å². The van der Waals surface area contributed by atoms with Gasteiger partial charge in [-0.05, 0) is 61.6 Å². The standard InChI is InChI=1S/C27H35NO5S/c1-16-14-17(2)23(18(3)15-16)34(31,32)28-21-20-12-13-27(6,26(20,4)5)24(21)33-25(30)22(29)19-10-8-7-9-11-19/h7-11,14-15,20-22,24,28-29H,12-13H2,1-6H3/t20-,21-,22+,24-,27+/m1/s1. The number of esters is 1. The van der Waals surface area contributed by atoms with Crippen LogP contribution in [0, 0.1) is 37.5 Å². The van der Waals surface area contributed by atoms with Gasteiger partial charge in [-0.15, -0.1) is 0 Å². The Morgan fingerprint density at radius 1 is 1.09 bits per heavy atom. The minimum atomic E-state index is -3.87. The first-order valence-electron chi connectivity index (χ1n) is 11.8. The molecule has 0 spiro atoms. The maximum atomic E-state index is 13.6. The molecule has 2 N–H and O–H groups in total.